The van der Waals surface area contributed by atoms with E-state index in [-0.39, 0.29) is 18.8 Å². The Balaban J connectivity index is 0.000000276. The number of carboxylic acids is 1. The molecule has 0 aliphatic carbocycles. The average molecular weight is 541 g/mol. The van der Waals surface area contributed by atoms with Gasteiger partial charge in [0.1, 0.15) is 5.75 Å². The minimum atomic E-state index is -0.794. The Labute approximate surface area is 232 Å². The Morgan fingerprint density at radius 3 is 2.18 bits per heavy atom. The molecule has 1 amide bonds. The van der Waals surface area contributed by atoms with Gasteiger partial charge in [-0.05, 0) is 55.3 Å². The van der Waals surface area contributed by atoms with Crippen molar-refractivity contribution in [3.05, 3.63) is 53.6 Å². The van der Waals surface area contributed by atoms with Gasteiger partial charge in [-0.1, -0.05) is 57.7 Å². The third-order valence-electron chi connectivity index (χ3n) is 7.55. The first-order valence-corrected chi connectivity index (χ1v) is 14.1. The molecule has 2 heterocycles. The molecule has 0 spiro atoms. The number of likely N-dealkylation sites (tertiary alicyclic amines) is 1. The highest BCUT2D eigenvalue weighted by Crippen LogP contribution is 2.47. The number of methoxy groups -OCH3 is 1. The standard InChI is InChI=1S/C20H21NO5.C11H23NO/c1-21-10-15(13-5-8-16-17(9-13)26-11-25-16)18(20(22)23)19(21)12-3-6-14(24-2)7-4-12;1-3-5-7-9-12(11-13)10-8-6-4-2/h3-9,15,18-19H,10-11H2,1-2H3,(H,22,23);11H,3-10H2,1-2H3. The van der Waals surface area contributed by atoms with Crippen molar-refractivity contribution in [2.45, 2.75) is 64.3 Å². The quantitative estimate of drug-likeness (QED) is 0.257. The number of fused-ring (bicyclic) bond motifs is 1. The Morgan fingerprint density at radius 2 is 1.62 bits per heavy atom. The lowest BCUT2D eigenvalue weighted by Crippen LogP contribution is -2.26. The molecule has 2 aromatic rings. The summed E-state index contributed by atoms with van der Waals surface area (Å²) in [5.74, 6) is 0.681. The van der Waals surface area contributed by atoms with Gasteiger partial charge in [-0.2, -0.15) is 0 Å². The lowest BCUT2D eigenvalue weighted by atomic mass is 9.83. The lowest BCUT2D eigenvalue weighted by molar-refractivity contribution is -0.143. The summed E-state index contributed by atoms with van der Waals surface area (Å²) < 4.78 is 16.0. The molecule has 1 saturated heterocycles. The van der Waals surface area contributed by atoms with Crippen LogP contribution in [0.25, 0.3) is 0 Å². The Kier molecular flexibility index (Phi) is 11.9. The molecule has 0 bridgehead atoms. The van der Waals surface area contributed by atoms with Gasteiger partial charge in [0.25, 0.3) is 0 Å². The molecule has 0 aromatic heterocycles. The predicted octanol–water partition coefficient (Wildman–Crippen LogP) is 5.72. The largest absolute Gasteiger partial charge is 0.497 e. The zero-order valence-electron chi connectivity index (χ0n) is 23.8. The molecule has 2 aliphatic heterocycles. The number of amides is 1. The fraction of sp³-hybridized carbons (Fsp3) is 0.548. The third kappa shape index (κ3) is 8.12. The van der Waals surface area contributed by atoms with Crippen LogP contribution in [0.3, 0.4) is 0 Å². The van der Waals surface area contributed by atoms with Crippen LogP contribution in [-0.4, -0.2) is 67.9 Å². The SMILES string of the molecule is CCCCCN(C=O)CCCCC.COc1ccc(C2C(C(=O)O)C(c3ccc4c(c3)OCO4)CN2C)cc1. The zero-order valence-corrected chi connectivity index (χ0v) is 23.8. The monoisotopic (exact) mass is 540 g/mol. The van der Waals surface area contributed by atoms with Gasteiger partial charge in [-0.3, -0.25) is 14.5 Å². The van der Waals surface area contributed by atoms with Crippen LogP contribution in [0.2, 0.25) is 0 Å². The number of ether oxygens (including phenoxy) is 3. The first kappa shape index (κ1) is 30.3. The van der Waals surface area contributed by atoms with Gasteiger partial charge >= 0.3 is 5.97 Å². The van der Waals surface area contributed by atoms with Crippen LogP contribution in [0, 0.1) is 5.92 Å². The van der Waals surface area contributed by atoms with Crippen molar-refractivity contribution >= 4 is 12.4 Å². The third-order valence-corrected chi connectivity index (χ3v) is 7.55. The van der Waals surface area contributed by atoms with Crippen molar-refractivity contribution in [2.24, 2.45) is 5.92 Å². The second-order valence-corrected chi connectivity index (χ2v) is 10.3. The highest BCUT2D eigenvalue weighted by molar-refractivity contribution is 5.74. The van der Waals surface area contributed by atoms with Crippen LogP contribution < -0.4 is 14.2 Å². The number of carboxylic acid groups (broad SMARTS) is 1. The number of unbranched alkanes of at least 4 members (excludes halogenated alkanes) is 4. The predicted molar refractivity (Wildman–Crippen MR) is 151 cm³/mol. The molecular weight excluding hydrogens is 496 g/mol. The number of hydrogen-bond acceptors (Lipinski definition) is 6. The molecule has 214 valence electrons. The summed E-state index contributed by atoms with van der Waals surface area (Å²) in [4.78, 5) is 26.8. The molecule has 0 radical (unpaired) electrons. The first-order valence-electron chi connectivity index (χ1n) is 14.1. The van der Waals surface area contributed by atoms with Gasteiger partial charge in [0.15, 0.2) is 11.5 Å². The maximum atomic E-state index is 12.2. The average Bonchev–Trinajstić information content (AvgIpc) is 3.56. The van der Waals surface area contributed by atoms with Gasteiger partial charge in [0, 0.05) is 31.6 Å². The van der Waals surface area contributed by atoms with Gasteiger partial charge in [0.05, 0.1) is 13.0 Å². The smallest absolute Gasteiger partial charge is 0.309 e. The van der Waals surface area contributed by atoms with Crippen LogP contribution >= 0.6 is 0 Å². The highest BCUT2D eigenvalue weighted by atomic mass is 16.7. The first-order chi connectivity index (χ1) is 18.9. The van der Waals surface area contributed by atoms with E-state index < -0.39 is 11.9 Å². The number of aliphatic carboxylic acids is 1. The molecule has 2 aromatic carbocycles. The summed E-state index contributed by atoms with van der Waals surface area (Å²) in [7, 11) is 3.59. The maximum absolute atomic E-state index is 12.2. The molecule has 8 nitrogen and oxygen atoms in total. The van der Waals surface area contributed by atoms with E-state index >= 15 is 0 Å². The van der Waals surface area contributed by atoms with E-state index in [0.717, 1.165) is 49.2 Å². The van der Waals surface area contributed by atoms with E-state index in [9.17, 15) is 14.7 Å². The normalized spacial score (nSPS) is 19.7. The zero-order chi connectivity index (χ0) is 28.2. The summed E-state index contributed by atoms with van der Waals surface area (Å²) in [5, 5.41) is 9.98. The molecule has 1 fully saturated rings. The summed E-state index contributed by atoms with van der Waals surface area (Å²) in [6.07, 6.45) is 8.22. The minimum Gasteiger partial charge on any atom is -0.497 e. The summed E-state index contributed by atoms with van der Waals surface area (Å²) in [6.45, 7) is 7.13. The molecule has 3 atom stereocenters. The molecular formula is C31H44N2O6. The van der Waals surface area contributed by atoms with Crippen LogP contribution in [0.1, 0.15) is 75.5 Å². The topological polar surface area (TPSA) is 88.5 Å². The molecule has 2 aliphatic rings. The van der Waals surface area contributed by atoms with E-state index in [1.807, 2.05) is 54.4 Å². The summed E-state index contributed by atoms with van der Waals surface area (Å²) in [6, 6.07) is 13.1. The van der Waals surface area contributed by atoms with Crippen molar-refractivity contribution in [2.75, 3.05) is 40.6 Å². The van der Waals surface area contributed by atoms with Gasteiger partial charge < -0.3 is 24.2 Å². The minimum absolute atomic E-state index is 0.126. The van der Waals surface area contributed by atoms with Crippen LogP contribution in [0.5, 0.6) is 17.2 Å². The van der Waals surface area contributed by atoms with E-state index in [1.165, 1.54) is 25.7 Å². The van der Waals surface area contributed by atoms with Gasteiger partial charge in [-0.25, -0.2) is 0 Å². The van der Waals surface area contributed by atoms with Crippen molar-refractivity contribution in [3.8, 4) is 17.2 Å². The second kappa shape index (κ2) is 15.4. The number of benzene rings is 2. The van der Waals surface area contributed by atoms with E-state index in [0.29, 0.717) is 18.0 Å². The highest BCUT2D eigenvalue weighted by Gasteiger charge is 2.46. The van der Waals surface area contributed by atoms with Crippen molar-refractivity contribution < 1.29 is 28.9 Å². The molecule has 4 rings (SSSR count). The van der Waals surface area contributed by atoms with E-state index in [1.54, 1.807) is 7.11 Å². The number of nitrogens with zero attached hydrogens (tertiary/aromatic N) is 2. The summed E-state index contributed by atoms with van der Waals surface area (Å²) in [5.41, 5.74) is 1.94. The molecule has 8 heteroatoms. The molecule has 3 unspecified atom stereocenters. The molecule has 39 heavy (non-hydrogen) atoms. The maximum Gasteiger partial charge on any atom is 0.309 e. The van der Waals surface area contributed by atoms with Gasteiger partial charge in [0.2, 0.25) is 13.2 Å². The van der Waals surface area contributed by atoms with E-state index in [2.05, 4.69) is 18.7 Å². The van der Waals surface area contributed by atoms with Crippen molar-refractivity contribution in [3.63, 3.8) is 0 Å². The fourth-order valence-corrected chi connectivity index (χ4v) is 5.41. The Bertz CT molecular complexity index is 1030. The Hall–Kier alpha value is -3.26. The Morgan fingerprint density at radius 1 is 1.00 bits per heavy atom. The molecule has 1 N–H and O–H groups in total. The van der Waals surface area contributed by atoms with Crippen LogP contribution in [-0.2, 0) is 9.59 Å². The number of rotatable bonds is 13. The second-order valence-electron chi connectivity index (χ2n) is 10.3. The summed E-state index contributed by atoms with van der Waals surface area (Å²) >= 11 is 0. The van der Waals surface area contributed by atoms with E-state index in [4.69, 9.17) is 14.2 Å². The van der Waals surface area contributed by atoms with Crippen molar-refractivity contribution in [1.82, 2.24) is 9.80 Å². The lowest BCUT2D eigenvalue weighted by Gasteiger charge is -2.24. The van der Waals surface area contributed by atoms with Crippen molar-refractivity contribution in [1.29, 1.82) is 0 Å². The van der Waals surface area contributed by atoms with Gasteiger partial charge in [-0.15, -0.1) is 0 Å². The number of hydrogen-bond donors (Lipinski definition) is 1. The number of carbonyl (C=O) groups is 2. The number of carbonyl (C=O) groups excluding carboxylic acids is 1. The fourth-order valence-electron chi connectivity index (χ4n) is 5.41. The van der Waals surface area contributed by atoms with Crippen LogP contribution in [0.4, 0.5) is 0 Å². The van der Waals surface area contributed by atoms with Crippen LogP contribution in [0.15, 0.2) is 42.5 Å². The molecule has 0 saturated carbocycles. The number of likely N-dealkylation sites (N-methyl/N-ethyl adjacent to an activating group) is 1.